The van der Waals surface area contributed by atoms with Crippen molar-refractivity contribution in [1.82, 2.24) is 19.9 Å². The van der Waals surface area contributed by atoms with E-state index in [2.05, 4.69) is 37.5 Å². The van der Waals surface area contributed by atoms with Crippen LogP contribution in [-0.4, -0.2) is 39.5 Å². The molecule has 0 aromatic carbocycles. The van der Waals surface area contributed by atoms with E-state index >= 15 is 0 Å². The van der Waals surface area contributed by atoms with E-state index in [9.17, 15) is 0 Å². The summed E-state index contributed by atoms with van der Waals surface area (Å²) < 4.78 is 0. The summed E-state index contributed by atoms with van der Waals surface area (Å²) in [5, 5.41) is 6.71. The lowest BCUT2D eigenvalue weighted by molar-refractivity contribution is 0.181. The van der Waals surface area contributed by atoms with Gasteiger partial charge in [0.05, 0.1) is 10.7 Å². The molecule has 2 aromatic heterocycles. The summed E-state index contributed by atoms with van der Waals surface area (Å²) in [6.45, 7) is 8.32. The van der Waals surface area contributed by atoms with Crippen LogP contribution in [0.1, 0.15) is 29.2 Å². The van der Waals surface area contributed by atoms with Crippen LogP contribution in [0.5, 0.6) is 0 Å². The molecule has 6 heteroatoms. The lowest BCUT2D eigenvalue weighted by Gasteiger charge is -2.31. The maximum absolute atomic E-state index is 4.56. The molecule has 3 heterocycles. The Hall–Kier alpha value is -1.53. The summed E-state index contributed by atoms with van der Waals surface area (Å²) in [6.07, 6.45) is 4.26. The highest BCUT2D eigenvalue weighted by Gasteiger charge is 2.19. The number of anilines is 1. The largest absolute Gasteiger partial charge is 0.354 e. The number of thiazole rings is 1. The average molecular weight is 317 g/mol. The maximum atomic E-state index is 4.56. The molecule has 0 bridgehead atoms. The zero-order valence-corrected chi connectivity index (χ0v) is 14.1. The van der Waals surface area contributed by atoms with Crippen molar-refractivity contribution in [3.05, 3.63) is 34.0 Å². The molecule has 3 rings (SSSR count). The van der Waals surface area contributed by atoms with Gasteiger partial charge >= 0.3 is 0 Å². The van der Waals surface area contributed by atoms with Gasteiger partial charge in [-0.25, -0.2) is 15.0 Å². The molecule has 1 saturated heterocycles. The number of nitrogens with zero attached hydrogens (tertiary/aromatic N) is 4. The zero-order chi connectivity index (χ0) is 15.4. The van der Waals surface area contributed by atoms with Crippen LogP contribution in [0.2, 0.25) is 0 Å². The van der Waals surface area contributed by atoms with E-state index < -0.39 is 0 Å². The van der Waals surface area contributed by atoms with E-state index in [0.29, 0.717) is 5.92 Å². The molecule has 22 heavy (non-hydrogen) atoms. The Morgan fingerprint density at radius 3 is 2.77 bits per heavy atom. The van der Waals surface area contributed by atoms with Gasteiger partial charge in [0, 0.05) is 30.4 Å². The Morgan fingerprint density at radius 1 is 1.27 bits per heavy atom. The molecule has 2 aromatic rings. The molecule has 1 aliphatic rings. The number of hydrogen-bond acceptors (Lipinski definition) is 6. The molecule has 118 valence electrons. The van der Waals surface area contributed by atoms with E-state index in [1.807, 2.05) is 19.2 Å². The number of aromatic nitrogens is 3. The summed E-state index contributed by atoms with van der Waals surface area (Å²) in [7, 11) is 0. The van der Waals surface area contributed by atoms with Gasteiger partial charge in [-0.1, -0.05) is 0 Å². The molecule has 0 amide bonds. The third-order valence-corrected chi connectivity index (χ3v) is 4.93. The smallest absolute Gasteiger partial charge is 0.222 e. The van der Waals surface area contributed by atoms with Crippen molar-refractivity contribution in [2.75, 3.05) is 25.0 Å². The number of hydrogen-bond donors (Lipinski definition) is 1. The quantitative estimate of drug-likeness (QED) is 0.919. The predicted molar refractivity (Wildman–Crippen MR) is 90.1 cm³/mol. The van der Waals surface area contributed by atoms with Gasteiger partial charge in [0.1, 0.15) is 0 Å². The number of aryl methyl sites for hydroxylation is 2. The Balaban J connectivity index is 1.42. The van der Waals surface area contributed by atoms with Crippen LogP contribution in [0.25, 0.3) is 0 Å². The maximum Gasteiger partial charge on any atom is 0.222 e. The Labute approximate surface area is 135 Å². The first-order chi connectivity index (χ1) is 10.7. The van der Waals surface area contributed by atoms with E-state index in [4.69, 9.17) is 0 Å². The monoisotopic (exact) mass is 317 g/mol. The summed E-state index contributed by atoms with van der Waals surface area (Å²) in [5.41, 5.74) is 2.22. The molecule has 0 radical (unpaired) electrons. The predicted octanol–water partition coefficient (Wildman–Crippen LogP) is 2.87. The van der Waals surface area contributed by atoms with Crippen LogP contribution in [0, 0.1) is 19.8 Å². The molecule has 1 fully saturated rings. The van der Waals surface area contributed by atoms with E-state index in [1.54, 1.807) is 11.3 Å². The van der Waals surface area contributed by atoms with Gasteiger partial charge in [-0.2, -0.15) is 0 Å². The average Bonchev–Trinajstić information content (AvgIpc) is 2.92. The summed E-state index contributed by atoms with van der Waals surface area (Å²) in [4.78, 5) is 15.7. The first-order valence-electron chi connectivity index (χ1n) is 7.86. The fourth-order valence-electron chi connectivity index (χ4n) is 2.83. The van der Waals surface area contributed by atoms with Crippen LogP contribution >= 0.6 is 11.3 Å². The molecule has 0 unspecified atom stereocenters. The Kier molecular flexibility index (Phi) is 5.00. The molecule has 0 aliphatic carbocycles. The normalized spacial score (nSPS) is 16.8. The lowest BCUT2D eigenvalue weighted by Crippen LogP contribution is -2.35. The zero-order valence-electron chi connectivity index (χ0n) is 13.2. The third-order valence-electron chi connectivity index (χ3n) is 4.10. The van der Waals surface area contributed by atoms with E-state index in [-0.39, 0.29) is 0 Å². The van der Waals surface area contributed by atoms with Crippen molar-refractivity contribution >= 4 is 17.3 Å². The van der Waals surface area contributed by atoms with Crippen molar-refractivity contribution in [3.8, 4) is 0 Å². The second-order valence-corrected chi connectivity index (χ2v) is 7.04. The SMILES string of the molecule is Cc1ccnc(NCC2CCN(Cc3csc(C)n3)CC2)n1. The van der Waals surface area contributed by atoms with Crippen molar-refractivity contribution in [2.45, 2.75) is 33.2 Å². The van der Waals surface area contributed by atoms with Gasteiger partial charge in [0.15, 0.2) is 0 Å². The topological polar surface area (TPSA) is 53.9 Å². The molecule has 1 aliphatic heterocycles. The highest BCUT2D eigenvalue weighted by atomic mass is 32.1. The minimum absolute atomic E-state index is 0.706. The second-order valence-electron chi connectivity index (χ2n) is 5.98. The third kappa shape index (κ3) is 4.24. The number of rotatable bonds is 5. The fourth-order valence-corrected chi connectivity index (χ4v) is 3.43. The lowest BCUT2D eigenvalue weighted by atomic mass is 9.97. The first-order valence-corrected chi connectivity index (χ1v) is 8.74. The highest BCUT2D eigenvalue weighted by Crippen LogP contribution is 2.20. The number of nitrogens with one attached hydrogen (secondary N) is 1. The Bertz CT molecular complexity index is 604. The molecule has 0 saturated carbocycles. The van der Waals surface area contributed by atoms with Gasteiger partial charge in [0.2, 0.25) is 5.95 Å². The van der Waals surface area contributed by atoms with E-state index in [1.165, 1.54) is 18.5 Å². The van der Waals surface area contributed by atoms with Crippen LogP contribution in [0.4, 0.5) is 5.95 Å². The summed E-state index contributed by atoms with van der Waals surface area (Å²) in [6, 6.07) is 1.92. The molecular formula is C16H23N5S. The van der Waals surface area contributed by atoms with Crippen LogP contribution in [0.3, 0.4) is 0 Å². The van der Waals surface area contributed by atoms with Gasteiger partial charge < -0.3 is 5.32 Å². The van der Waals surface area contributed by atoms with Gasteiger partial charge in [-0.05, 0) is 51.8 Å². The van der Waals surface area contributed by atoms with Gasteiger partial charge in [-0.15, -0.1) is 11.3 Å². The number of likely N-dealkylation sites (tertiary alicyclic amines) is 1. The van der Waals surface area contributed by atoms with Gasteiger partial charge in [-0.3, -0.25) is 4.90 Å². The van der Waals surface area contributed by atoms with Crippen molar-refractivity contribution in [3.63, 3.8) is 0 Å². The van der Waals surface area contributed by atoms with E-state index in [0.717, 1.165) is 42.8 Å². The van der Waals surface area contributed by atoms with Crippen molar-refractivity contribution in [1.29, 1.82) is 0 Å². The fraction of sp³-hybridized carbons (Fsp3) is 0.562. The highest BCUT2D eigenvalue weighted by molar-refractivity contribution is 7.09. The Morgan fingerprint density at radius 2 is 2.09 bits per heavy atom. The van der Waals surface area contributed by atoms with Crippen molar-refractivity contribution in [2.24, 2.45) is 5.92 Å². The summed E-state index contributed by atoms with van der Waals surface area (Å²) in [5.74, 6) is 1.46. The van der Waals surface area contributed by atoms with Crippen LogP contribution in [0.15, 0.2) is 17.6 Å². The van der Waals surface area contributed by atoms with Crippen LogP contribution < -0.4 is 5.32 Å². The molecular weight excluding hydrogens is 294 g/mol. The van der Waals surface area contributed by atoms with Crippen LogP contribution in [-0.2, 0) is 6.54 Å². The molecule has 0 atom stereocenters. The molecule has 0 spiro atoms. The molecule has 5 nitrogen and oxygen atoms in total. The first kappa shape index (κ1) is 15.4. The summed E-state index contributed by atoms with van der Waals surface area (Å²) >= 11 is 1.74. The second kappa shape index (κ2) is 7.15. The minimum atomic E-state index is 0.706. The van der Waals surface area contributed by atoms with Crippen molar-refractivity contribution < 1.29 is 0 Å². The number of piperidine rings is 1. The minimum Gasteiger partial charge on any atom is -0.354 e. The van der Waals surface area contributed by atoms with Gasteiger partial charge in [0.25, 0.3) is 0 Å². The molecule has 1 N–H and O–H groups in total. The standard InChI is InChI=1S/C16H23N5S/c1-12-3-6-17-16(19-12)18-9-14-4-7-21(8-5-14)10-15-11-22-13(2)20-15/h3,6,11,14H,4-5,7-10H2,1-2H3,(H,17,18,19).